The van der Waals surface area contributed by atoms with Crippen molar-refractivity contribution in [1.29, 1.82) is 0 Å². The van der Waals surface area contributed by atoms with E-state index in [1.54, 1.807) is 0 Å². The topological polar surface area (TPSA) is 50.4 Å². The van der Waals surface area contributed by atoms with Crippen LogP contribution in [0.2, 0.25) is 0 Å². The Morgan fingerprint density at radius 2 is 1.89 bits per heavy atom. The molecule has 0 saturated carbocycles. The zero-order chi connectivity index (χ0) is 13.4. The third kappa shape index (κ3) is 7.40. The second-order valence-electron chi connectivity index (χ2n) is 4.93. The van der Waals surface area contributed by atoms with Crippen LogP contribution in [0.25, 0.3) is 0 Å². The van der Waals surface area contributed by atoms with Crippen molar-refractivity contribution in [3.05, 3.63) is 35.4 Å². The third-order valence-corrected chi connectivity index (χ3v) is 2.95. The van der Waals surface area contributed by atoms with Gasteiger partial charge in [-0.2, -0.15) is 0 Å². The first-order valence-corrected chi connectivity index (χ1v) is 6.74. The van der Waals surface area contributed by atoms with Crippen molar-refractivity contribution in [3.8, 4) is 0 Å². The van der Waals surface area contributed by atoms with E-state index in [1.165, 1.54) is 11.1 Å². The smallest absolute Gasteiger partial charge is 0.188 e. The lowest BCUT2D eigenvalue weighted by Gasteiger charge is -2.08. The fourth-order valence-corrected chi connectivity index (χ4v) is 1.77. The Hall–Kier alpha value is -0.780. The highest BCUT2D eigenvalue weighted by Crippen LogP contribution is 2.10. The summed E-state index contributed by atoms with van der Waals surface area (Å²) in [5, 5.41) is 3.15. The highest BCUT2D eigenvalue weighted by Gasteiger charge is 1.99. The summed E-state index contributed by atoms with van der Waals surface area (Å²) in [5.74, 6) is 1.23. The van der Waals surface area contributed by atoms with Crippen LogP contribution in [0, 0.1) is 5.92 Å². The number of nitrogens with zero attached hydrogens (tertiary/aromatic N) is 1. The lowest BCUT2D eigenvalue weighted by Crippen LogP contribution is -2.32. The maximum absolute atomic E-state index is 5.84. The van der Waals surface area contributed by atoms with Crippen LogP contribution in [0.4, 0.5) is 0 Å². The fraction of sp³-hybridized carbons (Fsp3) is 0.533. The summed E-state index contributed by atoms with van der Waals surface area (Å²) in [6.45, 7) is 8.11. The van der Waals surface area contributed by atoms with Gasteiger partial charge in [-0.3, -0.25) is 0 Å². The van der Waals surface area contributed by atoms with Crippen LogP contribution in [0.1, 0.15) is 38.3 Å². The molecule has 0 aliphatic rings. The number of rotatable bonds is 6. The average molecular weight is 375 g/mol. The molecular formula is C15H26IN3. The van der Waals surface area contributed by atoms with E-state index in [9.17, 15) is 0 Å². The first-order chi connectivity index (χ1) is 8.63. The van der Waals surface area contributed by atoms with Crippen LogP contribution in [-0.2, 0) is 13.0 Å². The highest BCUT2D eigenvalue weighted by atomic mass is 127. The van der Waals surface area contributed by atoms with Gasteiger partial charge in [0.05, 0.1) is 6.54 Å². The number of nitrogens with one attached hydrogen (secondary N) is 1. The molecular weight excluding hydrogens is 349 g/mol. The summed E-state index contributed by atoms with van der Waals surface area (Å²) < 4.78 is 0. The molecule has 0 heterocycles. The van der Waals surface area contributed by atoms with Gasteiger partial charge in [0.15, 0.2) is 5.96 Å². The Kier molecular flexibility index (Phi) is 9.65. The Balaban J connectivity index is 0.00000324. The Labute approximate surface area is 134 Å². The first-order valence-electron chi connectivity index (χ1n) is 6.74. The van der Waals surface area contributed by atoms with Crippen LogP contribution in [0.5, 0.6) is 0 Å². The van der Waals surface area contributed by atoms with E-state index in [1.807, 2.05) is 6.07 Å². The van der Waals surface area contributed by atoms with Crippen molar-refractivity contribution >= 4 is 29.9 Å². The van der Waals surface area contributed by atoms with E-state index >= 15 is 0 Å². The molecule has 0 aromatic heterocycles. The van der Waals surface area contributed by atoms with Gasteiger partial charge in [0, 0.05) is 6.54 Å². The average Bonchev–Trinajstić information content (AvgIpc) is 2.36. The number of guanidine groups is 1. The number of hydrogen-bond donors (Lipinski definition) is 2. The summed E-state index contributed by atoms with van der Waals surface area (Å²) in [6.07, 6.45) is 2.15. The van der Waals surface area contributed by atoms with Crippen molar-refractivity contribution in [2.24, 2.45) is 16.6 Å². The Bertz CT molecular complexity index is 389. The molecule has 0 bridgehead atoms. The molecule has 0 atom stereocenters. The Morgan fingerprint density at radius 1 is 1.26 bits per heavy atom. The molecule has 3 N–H and O–H groups in total. The molecule has 0 fully saturated rings. The van der Waals surface area contributed by atoms with Gasteiger partial charge in [0.25, 0.3) is 0 Å². The molecule has 108 valence electrons. The maximum Gasteiger partial charge on any atom is 0.188 e. The molecule has 0 aliphatic heterocycles. The van der Waals surface area contributed by atoms with Crippen molar-refractivity contribution < 1.29 is 0 Å². The molecule has 19 heavy (non-hydrogen) atoms. The quantitative estimate of drug-likeness (QED) is 0.455. The van der Waals surface area contributed by atoms with Gasteiger partial charge < -0.3 is 11.1 Å². The molecule has 1 rings (SSSR count). The van der Waals surface area contributed by atoms with Gasteiger partial charge in [-0.25, -0.2) is 4.99 Å². The SMILES string of the molecule is CCc1ccccc1CN=C(N)NCCC(C)C.I. The number of benzene rings is 1. The number of nitrogens with two attached hydrogens (primary N) is 1. The van der Waals surface area contributed by atoms with Gasteiger partial charge in [0.2, 0.25) is 0 Å². The molecule has 4 heteroatoms. The molecule has 0 spiro atoms. The van der Waals surface area contributed by atoms with Crippen LogP contribution in [-0.4, -0.2) is 12.5 Å². The van der Waals surface area contributed by atoms with Crippen molar-refractivity contribution in [2.75, 3.05) is 6.54 Å². The van der Waals surface area contributed by atoms with Crippen molar-refractivity contribution in [1.82, 2.24) is 5.32 Å². The van der Waals surface area contributed by atoms with Gasteiger partial charge in [0.1, 0.15) is 0 Å². The largest absolute Gasteiger partial charge is 0.370 e. The molecule has 0 radical (unpaired) electrons. The van der Waals surface area contributed by atoms with Gasteiger partial charge in [-0.15, -0.1) is 24.0 Å². The number of aliphatic imine (C=N–C) groups is 1. The zero-order valence-electron chi connectivity index (χ0n) is 12.1. The lowest BCUT2D eigenvalue weighted by molar-refractivity contribution is 0.576. The maximum atomic E-state index is 5.84. The Morgan fingerprint density at radius 3 is 2.47 bits per heavy atom. The summed E-state index contributed by atoms with van der Waals surface area (Å²) in [5.41, 5.74) is 8.44. The van der Waals surface area contributed by atoms with Crippen LogP contribution < -0.4 is 11.1 Å². The summed E-state index contributed by atoms with van der Waals surface area (Å²) >= 11 is 0. The predicted octanol–water partition coefficient (Wildman–Crippen LogP) is 3.32. The highest BCUT2D eigenvalue weighted by molar-refractivity contribution is 14.0. The molecule has 0 unspecified atom stereocenters. The minimum Gasteiger partial charge on any atom is -0.370 e. The minimum absolute atomic E-state index is 0. The molecule has 1 aromatic rings. The lowest BCUT2D eigenvalue weighted by atomic mass is 10.1. The second kappa shape index (κ2) is 10.1. The standard InChI is InChI=1S/C15H25N3.HI/c1-4-13-7-5-6-8-14(13)11-18-15(16)17-10-9-12(2)3;/h5-8,12H,4,9-11H2,1-3H3,(H3,16,17,18);1H. The van der Waals surface area contributed by atoms with Crippen LogP contribution in [0.15, 0.2) is 29.3 Å². The van der Waals surface area contributed by atoms with E-state index in [-0.39, 0.29) is 24.0 Å². The monoisotopic (exact) mass is 375 g/mol. The van der Waals surface area contributed by atoms with E-state index in [2.05, 4.69) is 49.3 Å². The number of halogens is 1. The van der Waals surface area contributed by atoms with E-state index in [0.717, 1.165) is 19.4 Å². The molecule has 0 saturated heterocycles. The minimum atomic E-state index is 0. The first kappa shape index (κ1) is 18.2. The summed E-state index contributed by atoms with van der Waals surface area (Å²) in [6, 6.07) is 8.37. The van der Waals surface area contributed by atoms with E-state index in [0.29, 0.717) is 18.4 Å². The van der Waals surface area contributed by atoms with Crippen molar-refractivity contribution in [3.63, 3.8) is 0 Å². The van der Waals surface area contributed by atoms with Crippen LogP contribution >= 0.6 is 24.0 Å². The molecule has 3 nitrogen and oxygen atoms in total. The fourth-order valence-electron chi connectivity index (χ4n) is 1.77. The van der Waals surface area contributed by atoms with E-state index < -0.39 is 0 Å². The third-order valence-electron chi connectivity index (χ3n) is 2.95. The van der Waals surface area contributed by atoms with Gasteiger partial charge in [-0.1, -0.05) is 45.0 Å². The normalized spacial score (nSPS) is 11.3. The second-order valence-corrected chi connectivity index (χ2v) is 4.93. The van der Waals surface area contributed by atoms with Crippen LogP contribution in [0.3, 0.4) is 0 Å². The number of hydrogen-bond acceptors (Lipinski definition) is 1. The van der Waals surface area contributed by atoms with Gasteiger partial charge in [-0.05, 0) is 29.9 Å². The molecule has 1 aromatic carbocycles. The zero-order valence-corrected chi connectivity index (χ0v) is 14.5. The van der Waals surface area contributed by atoms with Gasteiger partial charge >= 0.3 is 0 Å². The predicted molar refractivity (Wildman–Crippen MR) is 94.0 cm³/mol. The summed E-state index contributed by atoms with van der Waals surface area (Å²) in [4.78, 5) is 4.38. The van der Waals surface area contributed by atoms with E-state index in [4.69, 9.17) is 5.73 Å². The molecule has 0 aliphatic carbocycles. The summed E-state index contributed by atoms with van der Waals surface area (Å²) in [7, 11) is 0. The number of aryl methyl sites for hydroxylation is 1. The molecule has 0 amide bonds. The van der Waals surface area contributed by atoms with Crippen molar-refractivity contribution in [2.45, 2.75) is 40.2 Å².